The predicted molar refractivity (Wildman–Crippen MR) is 83.1 cm³/mol. The van der Waals surface area contributed by atoms with Gasteiger partial charge in [0, 0.05) is 18.4 Å². The fraction of sp³-hybridized carbons (Fsp3) is 0.357. The zero-order valence-corrected chi connectivity index (χ0v) is 14.5. The summed E-state index contributed by atoms with van der Waals surface area (Å²) in [6.07, 6.45) is 1.75. The molecular weight excluding hydrogens is 377 g/mol. The minimum absolute atomic E-state index is 0.103. The molecule has 0 saturated carbocycles. The van der Waals surface area contributed by atoms with Crippen LogP contribution < -0.4 is 5.48 Å². The first-order valence-electron chi connectivity index (χ1n) is 7.19. The highest BCUT2D eigenvalue weighted by molar-refractivity contribution is 7.92. The molecular formula is C14H15F3N4O4S. The van der Waals surface area contributed by atoms with Crippen molar-refractivity contribution in [1.82, 2.24) is 20.5 Å². The van der Waals surface area contributed by atoms with E-state index in [2.05, 4.69) is 10.3 Å². The Balaban J connectivity index is 2.26. The lowest BCUT2D eigenvalue weighted by molar-refractivity contribution is -0.131. The van der Waals surface area contributed by atoms with Crippen molar-refractivity contribution < 1.29 is 31.6 Å². The van der Waals surface area contributed by atoms with E-state index >= 15 is 0 Å². The lowest BCUT2D eigenvalue weighted by Crippen LogP contribution is -2.49. The molecule has 0 spiro atoms. The number of nitrogens with zero attached hydrogens (tertiary/aromatic N) is 3. The number of amides is 1. The van der Waals surface area contributed by atoms with Crippen molar-refractivity contribution in [3.05, 3.63) is 35.8 Å². The van der Waals surface area contributed by atoms with Crippen molar-refractivity contribution in [3.8, 4) is 11.3 Å². The van der Waals surface area contributed by atoms with Crippen LogP contribution in [-0.2, 0) is 21.2 Å². The molecule has 2 aromatic rings. The first-order chi connectivity index (χ1) is 12.0. The second kappa shape index (κ2) is 7.03. The number of aromatic nitrogens is 3. The van der Waals surface area contributed by atoms with Crippen LogP contribution >= 0.6 is 0 Å². The van der Waals surface area contributed by atoms with Gasteiger partial charge in [0.25, 0.3) is 5.91 Å². The highest BCUT2D eigenvalue weighted by Gasteiger charge is 2.43. The van der Waals surface area contributed by atoms with Crippen LogP contribution in [0, 0.1) is 17.5 Å². The lowest BCUT2D eigenvalue weighted by atomic mass is 10.1. The summed E-state index contributed by atoms with van der Waals surface area (Å²) in [6.45, 7) is 0.996. The van der Waals surface area contributed by atoms with Crippen LogP contribution in [0.3, 0.4) is 0 Å². The average molecular weight is 392 g/mol. The number of benzene rings is 1. The van der Waals surface area contributed by atoms with Gasteiger partial charge in [0.15, 0.2) is 32.0 Å². The molecule has 0 aliphatic heterocycles. The third kappa shape index (κ3) is 3.55. The summed E-state index contributed by atoms with van der Waals surface area (Å²) in [5, 5.41) is 16.0. The van der Waals surface area contributed by atoms with Gasteiger partial charge in [0.1, 0.15) is 5.69 Å². The van der Waals surface area contributed by atoms with Crippen LogP contribution in [0.25, 0.3) is 11.3 Å². The Labute approximate surface area is 146 Å². The summed E-state index contributed by atoms with van der Waals surface area (Å²) in [5.74, 6) is -5.55. The van der Waals surface area contributed by atoms with Gasteiger partial charge in [-0.2, -0.15) is 0 Å². The number of hydrogen-bond donors (Lipinski definition) is 2. The zero-order valence-electron chi connectivity index (χ0n) is 13.7. The second-order valence-corrected chi connectivity index (χ2v) is 8.23. The van der Waals surface area contributed by atoms with Gasteiger partial charge in [-0.3, -0.25) is 14.7 Å². The van der Waals surface area contributed by atoms with Crippen molar-refractivity contribution in [3.63, 3.8) is 0 Å². The van der Waals surface area contributed by atoms with E-state index in [1.807, 2.05) is 0 Å². The van der Waals surface area contributed by atoms with E-state index in [9.17, 15) is 26.4 Å². The third-order valence-corrected chi connectivity index (χ3v) is 6.09. The van der Waals surface area contributed by atoms with Crippen molar-refractivity contribution in [1.29, 1.82) is 0 Å². The molecule has 8 nitrogen and oxygen atoms in total. The van der Waals surface area contributed by atoms with E-state index < -0.39 is 37.9 Å². The molecule has 142 valence electrons. The molecule has 0 unspecified atom stereocenters. The number of sulfone groups is 1. The monoisotopic (exact) mass is 392 g/mol. The van der Waals surface area contributed by atoms with Gasteiger partial charge in [-0.15, -0.1) is 5.10 Å². The van der Waals surface area contributed by atoms with Gasteiger partial charge in [0.05, 0.1) is 6.20 Å². The number of hydrogen-bond acceptors (Lipinski definition) is 6. The Kier molecular flexibility index (Phi) is 5.37. The lowest BCUT2D eigenvalue weighted by Gasteiger charge is -2.24. The Bertz CT molecular complexity index is 948. The van der Waals surface area contributed by atoms with E-state index in [1.165, 1.54) is 11.7 Å². The maximum absolute atomic E-state index is 13.8. The summed E-state index contributed by atoms with van der Waals surface area (Å²) in [5.41, 5.74) is 0.881. The van der Waals surface area contributed by atoms with Gasteiger partial charge in [-0.05, 0) is 25.5 Å². The molecule has 0 aliphatic rings. The molecule has 1 aromatic heterocycles. The molecule has 1 aromatic carbocycles. The normalized spacial score (nSPS) is 14.1. The quantitative estimate of drug-likeness (QED) is 0.432. The van der Waals surface area contributed by atoms with Crippen LogP contribution in [0.5, 0.6) is 0 Å². The van der Waals surface area contributed by atoms with Crippen molar-refractivity contribution in [2.45, 2.75) is 24.6 Å². The third-order valence-electron chi connectivity index (χ3n) is 4.07. The Morgan fingerprint density at radius 3 is 2.54 bits per heavy atom. The molecule has 0 fully saturated rings. The predicted octanol–water partition coefficient (Wildman–Crippen LogP) is 1.06. The molecule has 0 bridgehead atoms. The zero-order chi connectivity index (χ0) is 19.7. The minimum Gasteiger partial charge on any atom is -0.289 e. The maximum atomic E-state index is 13.8. The minimum atomic E-state index is -3.89. The number of hydroxylamine groups is 1. The fourth-order valence-corrected chi connectivity index (χ4v) is 3.01. The summed E-state index contributed by atoms with van der Waals surface area (Å²) in [6, 6.07) is 1.72. The highest BCUT2D eigenvalue weighted by atomic mass is 32.2. The number of rotatable bonds is 6. The van der Waals surface area contributed by atoms with Crippen molar-refractivity contribution in [2.24, 2.45) is 0 Å². The van der Waals surface area contributed by atoms with E-state index in [-0.39, 0.29) is 24.2 Å². The average Bonchev–Trinajstić information content (AvgIpc) is 3.04. The first kappa shape index (κ1) is 19.8. The van der Waals surface area contributed by atoms with Gasteiger partial charge >= 0.3 is 0 Å². The fourth-order valence-electron chi connectivity index (χ4n) is 2.17. The summed E-state index contributed by atoms with van der Waals surface area (Å²) in [4.78, 5) is 11.7. The maximum Gasteiger partial charge on any atom is 0.264 e. The molecule has 2 rings (SSSR count). The topological polar surface area (TPSA) is 114 Å². The van der Waals surface area contributed by atoms with Gasteiger partial charge in [-0.1, -0.05) is 5.21 Å². The summed E-state index contributed by atoms with van der Waals surface area (Å²) < 4.78 is 63.0. The number of carbonyl (C=O) groups is 1. The Morgan fingerprint density at radius 1 is 1.31 bits per heavy atom. The molecule has 1 heterocycles. The highest BCUT2D eigenvalue weighted by Crippen LogP contribution is 2.25. The van der Waals surface area contributed by atoms with Gasteiger partial charge in [0.2, 0.25) is 0 Å². The van der Waals surface area contributed by atoms with Crippen LogP contribution in [-0.4, -0.2) is 45.5 Å². The number of carbonyl (C=O) groups excluding carboxylic acids is 1. The number of aryl methyl sites for hydroxylation is 1. The van der Waals surface area contributed by atoms with E-state index in [0.29, 0.717) is 0 Å². The standard InChI is InChI=1S/C14H15F3N4O4S/c1-14(13(22)19-23,26(2,24)25)5-6-21-7-10(18-20-21)8-3-4-9(15)12(17)11(8)16/h3-4,7,23H,5-6H2,1-2H3,(H,19,22)/t14-/m1/s1. The smallest absolute Gasteiger partial charge is 0.264 e. The molecule has 12 heteroatoms. The van der Waals surface area contributed by atoms with E-state index in [4.69, 9.17) is 5.21 Å². The van der Waals surface area contributed by atoms with Crippen LogP contribution in [0.15, 0.2) is 18.3 Å². The van der Waals surface area contributed by atoms with Crippen LogP contribution in [0.4, 0.5) is 13.2 Å². The van der Waals surface area contributed by atoms with E-state index in [1.54, 1.807) is 0 Å². The largest absolute Gasteiger partial charge is 0.289 e. The number of halogens is 3. The SMILES string of the molecule is C[C@@](CCn1cc(-c2ccc(F)c(F)c2F)nn1)(C(=O)NO)S(C)(=O)=O. The summed E-state index contributed by atoms with van der Waals surface area (Å²) in [7, 11) is -3.89. The second-order valence-electron chi connectivity index (χ2n) is 5.78. The first-order valence-corrected chi connectivity index (χ1v) is 9.08. The molecule has 1 atom stereocenters. The van der Waals surface area contributed by atoms with Crippen LogP contribution in [0.2, 0.25) is 0 Å². The number of nitrogens with one attached hydrogen (secondary N) is 1. The van der Waals surface area contributed by atoms with E-state index in [0.717, 1.165) is 30.0 Å². The molecule has 0 aliphatic carbocycles. The van der Waals surface area contributed by atoms with Crippen molar-refractivity contribution >= 4 is 15.7 Å². The molecule has 0 radical (unpaired) electrons. The Hall–Kier alpha value is -2.47. The molecule has 1 amide bonds. The summed E-state index contributed by atoms with van der Waals surface area (Å²) >= 11 is 0. The van der Waals surface area contributed by atoms with Crippen LogP contribution in [0.1, 0.15) is 13.3 Å². The van der Waals surface area contributed by atoms with Crippen molar-refractivity contribution in [2.75, 3.05) is 6.26 Å². The molecule has 2 N–H and O–H groups in total. The van der Waals surface area contributed by atoms with Gasteiger partial charge in [-0.25, -0.2) is 27.1 Å². The molecule has 26 heavy (non-hydrogen) atoms. The van der Waals surface area contributed by atoms with Gasteiger partial charge < -0.3 is 0 Å². The molecule has 0 saturated heterocycles. The Morgan fingerprint density at radius 2 is 1.96 bits per heavy atom.